The Morgan fingerprint density at radius 1 is 1.43 bits per heavy atom. The Labute approximate surface area is 88.0 Å². The summed E-state index contributed by atoms with van der Waals surface area (Å²) in [5.41, 5.74) is 0. The molecule has 0 saturated carbocycles. The zero-order chi connectivity index (χ0) is 11.0. The van der Waals surface area contributed by atoms with E-state index in [4.69, 9.17) is 0 Å². The lowest BCUT2D eigenvalue weighted by molar-refractivity contribution is 0.429. The second-order valence-corrected chi connectivity index (χ2v) is 3.70. The van der Waals surface area contributed by atoms with E-state index < -0.39 is 0 Å². The van der Waals surface area contributed by atoms with E-state index in [9.17, 15) is 0 Å². The van der Waals surface area contributed by atoms with Crippen molar-refractivity contribution >= 4 is 6.21 Å². The van der Waals surface area contributed by atoms with Crippen molar-refractivity contribution < 1.29 is 0 Å². The van der Waals surface area contributed by atoms with E-state index in [0.29, 0.717) is 11.8 Å². The van der Waals surface area contributed by atoms with E-state index in [0.717, 1.165) is 6.42 Å². The average Bonchev–Trinajstić information content (AvgIpc) is 2.16. The molecule has 0 N–H and O–H groups in total. The first-order valence-electron chi connectivity index (χ1n) is 5.12. The van der Waals surface area contributed by atoms with Crippen LogP contribution in [0.3, 0.4) is 0 Å². The van der Waals surface area contributed by atoms with Crippen LogP contribution in [0, 0.1) is 11.8 Å². The van der Waals surface area contributed by atoms with Crippen molar-refractivity contribution in [2.24, 2.45) is 16.9 Å². The maximum Gasteiger partial charge on any atom is 0.0316 e. The van der Waals surface area contributed by atoms with Gasteiger partial charge in [-0.1, -0.05) is 45.1 Å². The highest BCUT2D eigenvalue weighted by Crippen LogP contribution is 2.14. The van der Waals surface area contributed by atoms with Crippen molar-refractivity contribution in [1.82, 2.24) is 5.01 Å². The molecule has 0 aromatic heterocycles. The number of hydrazone groups is 1. The molecule has 0 bridgehead atoms. The van der Waals surface area contributed by atoms with Gasteiger partial charge < -0.3 is 5.01 Å². The monoisotopic (exact) mass is 194 g/mol. The third kappa shape index (κ3) is 5.57. The molecule has 0 rings (SSSR count). The summed E-state index contributed by atoms with van der Waals surface area (Å²) in [7, 11) is 3.86. The van der Waals surface area contributed by atoms with Crippen LogP contribution in [0.15, 0.2) is 29.9 Å². The molecule has 0 aliphatic heterocycles. The fourth-order valence-electron chi connectivity index (χ4n) is 1.08. The van der Waals surface area contributed by atoms with Crippen LogP contribution in [0.2, 0.25) is 0 Å². The molecule has 0 radical (unpaired) electrons. The van der Waals surface area contributed by atoms with Gasteiger partial charge in [-0.25, -0.2) is 0 Å². The molecule has 0 aliphatic rings. The second-order valence-electron chi connectivity index (χ2n) is 3.70. The Hall–Kier alpha value is -1.05. The molecule has 80 valence electrons. The Morgan fingerprint density at radius 2 is 2.07 bits per heavy atom. The molecule has 0 saturated heterocycles. The normalized spacial score (nSPS) is 16.0. The van der Waals surface area contributed by atoms with E-state index in [1.165, 1.54) is 0 Å². The summed E-state index contributed by atoms with van der Waals surface area (Å²) < 4.78 is 0. The fourth-order valence-corrected chi connectivity index (χ4v) is 1.08. The minimum absolute atomic E-state index is 0.403. The highest BCUT2D eigenvalue weighted by molar-refractivity contribution is 5.63. The van der Waals surface area contributed by atoms with Gasteiger partial charge in [-0.2, -0.15) is 5.10 Å². The van der Waals surface area contributed by atoms with Crippen molar-refractivity contribution in [1.29, 1.82) is 0 Å². The molecule has 0 amide bonds. The third-order valence-electron chi connectivity index (χ3n) is 2.24. The Kier molecular flexibility index (Phi) is 6.81. The van der Waals surface area contributed by atoms with Gasteiger partial charge in [0.2, 0.25) is 0 Å². The fraction of sp³-hybridized carbons (Fsp3) is 0.583. The van der Waals surface area contributed by atoms with E-state index >= 15 is 0 Å². The lowest BCUT2D eigenvalue weighted by Gasteiger charge is -2.15. The molecule has 0 aromatic carbocycles. The standard InChI is InChI=1S/C12H22N2/c1-6-8-9-12(11(3)7-2)10-13-14(4)5/h6,8-12H,1,7H2,2-5H3/b9-8+,13-10+. The highest BCUT2D eigenvalue weighted by Gasteiger charge is 2.09. The smallest absolute Gasteiger partial charge is 0.0316 e. The van der Waals surface area contributed by atoms with E-state index in [-0.39, 0.29) is 0 Å². The molecular formula is C12H22N2. The van der Waals surface area contributed by atoms with Crippen LogP contribution in [-0.4, -0.2) is 25.3 Å². The number of hydrogen-bond donors (Lipinski definition) is 0. The number of allylic oxidation sites excluding steroid dienone is 3. The predicted octanol–water partition coefficient (Wildman–Crippen LogP) is 2.94. The summed E-state index contributed by atoms with van der Waals surface area (Å²) in [6, 6.07) is 0. The van der Waals surface area contributed by atoms with Gasteiger partial charge in [0.05, 0.1) is 0 Å². The number of nitrogens with zero attached hydrogens (tertiary/aromatic N) is 2. The maximum atomic E-state index is 4.27. The zero-order valence-corrected chi connectivity index (χ0v) is 9.77. The minimum atomic E-state index is 0.403. The zero-order valence-electron chi connectivity index (χ0n) is 9.77. The first-order chi connectivity index (χ1) is 6.61. The molecule has 14 heavy (non-hydrogen) atoms. The van der Waals surface area contributed by atoms with Crippen molar-refractivity contribution in [3.8, 4) is 0 Å². The summed E-state index contributed by atoms with van der Waals surface area (Å²) in [6.07, 6.45) is 9.09. The SMILES string of the molecule is C=C/C=C/C(/C=N/N(C)C)C(C)CC. The minimum Gasteiger partial charge on any atom is -0.303 e. The summed E-state index contributed by atoms with van der Waals surface area (Å²) in [5.74, 6) is 1.02. The molecule has 0 heterocycles. The van der Waals surface area contributed by atoms with Crippen LogP contribution < -0.4 is 0 Å². The molecule has 0 aromatic rings. The summed E-state index contributed by atoms with van der Waals surface area (Å²) >= 11 is 0. The number of hydrogen-bond acceptors (Lipinski definition) is 2. The van der Waals surface area contributed by atoms with Crippen LogP contribution in [-0.2, 0) is 0 Å². The van der Waals surface area contributed by atoms with E-state index in [2.05, 4.69) is 31.6 Å². The number of rotatable bonds is 6. The molecule has 0 spiro atoms. The lowest BCUT2D eigenvalue weighted by atomic mass is 9.92. The third-order valence-corrected chi connectivity index (χ3v) is 2.24. The molecule has 0 aliphatic carbocycles. The second kappa shape index (κ2) is 7.36. The molecule has 0 fully saturated rings. The van der Waals surface area contributed by atoms with Gasteiger partial charge >= 0.3 is 0 Å². The van der Waals surface area contributed by atoms with Gasteiger partial charge in [0.1, 0.15) is 0 Å². The lowest BCUT2D eigenvalue weighted by Crippen LogP contribution is -2.12. The van der Waals surface area contributed by atoms with Crippen LogP contribution in [0.4, 0.5) is 0 Å². The van der Waals surface area contributed by atoms with Gasteiger partial charge in [0, 0.05) is 26.2 Å². The maximum absolute atomic E-state index is 4.27. The van der Waals surface area contributed by atoms with Gasteiger partial charge in [0.15, 0.2) is 0 Å². The Bertz CT molecular complexity index is 204. The van der Waals surface area contributed by atoms with E-state index in [1.807, 2.05) is 31.4 Å². The van der Waals surface area contributed by atoms with Gasteiger partial charge in [0.25, 0.3) is 0 Å². The van der Waals surface area contributed by atoms with E-state index in [1.54, 1.807) is 6.08 Å². The summed E-state index contributed by atoms with van der Waals surface area (Å²) in [5, 5.41) is 6.09. The highest BCUT2D eigenvalue weighted by atomic mass is 15.4. The Morgan fingerprint density at radius 3 is 2.50 bits per heavy atom. The molecule has 2 nitrogen and oxygen atoms in total. The topological polar surface area (TPSA) is 15.6 Å². The van der Waals surface area contributed by atoms with Crippen molar-refractivity contribution in [2.75, 3.05) is 14.1 Å². The largest absolute Gasteiger partial charge is 0.303 e. The van der Waals surface area contributed by atoms with Crippen LogP contribution in [0.5, 0.6) is 0 Å². The summed E-state index contributed by atoms with van der Waals surface area (Å²) in [6.45, 7) is 8.10. The first kappa shape index (κ1) is 12.9. The van der Waals surface area contributed by atoms with Crippen molar-refractivity contribution in [2.45, 2.75) is 20.3 Å². The van der Waals surface area contributed by atoms with Crippen LogP contribution in [0.1, 0.15) is 20.3 Å². The Balaban J connectivity index is 4.38. The quantitative estimate of drug-likeness (QED) is 0.360. The van der Waals surface area contributed by atoms with Crippen molar-refractivity contribution in [3.05, 3.63) is 24.8 Å². The first-order valence-corrected chi connectivity index (χ1v) is 5.12. The molecule has 2 heteroatoms. The molecular weight excluding hydrogens is 172 g/mol. The van der Waals surface area contributed by atoms with Gasteiger partial charge in [-0.15, -0.1) is 0 Å². The van der Waals surface area contributed by atoms with Crippen LogP contribution in [0.25, 0.3) is 0 Å². The van der Waals surface area contributed by atoms with Gasteiger partial charge in [-0.3, -0.25) is 0 Å². The molecule has 2 atom stereocenters. The van der Waals surface area contributed by atoms with Crippen LogP contribution >= 0.6 is 0 Å². The molecule has 2 unspecified atom stereocenters. The summed E-state index contributed by atoms with van der Waals surface area (Å²) in [4.78, 5) is 0. The van der Waals surface area contributed by atoms with Gasteiger partial charge in [-0.05, 0) is 5.92 Å². The van der Waals surface area contributed by atoms with Crippen molar-refractivity contribution in [3.63, 3.8) is 0 Å². The predicted molar refractivity (Wildman–Crippen MR) is 64.5 cm³/mol. The average molecular weight is 194 g/mol.